The molecule has 0 spiro atoms. The van der Waals surface area contributed by atoms with Gasteiger partial charge in [-0.05, 0) is 46.3 Å². The highest BCUT2D eigenvalue weighted by molar-refractivity contribution is 9.10. The van der Waals surface area contributed by atoms with Crippen LogP contribution in [0.3, 0.4) is 0 Å². The Hall–Kier alpha value is -1.72. The van der Waals surface area contributed by atoms with Gasteiger partial charge in [-0.3, -0.25) is 0 Å². The predicted molar refractivity (Wildman–Crippen MR) is 84.8 cm³/mol. The molecular formula is C14H12BrClN2O2. The van der Waals surface area contributed by atoms with Crippen LogP contribution in [-0.4, -0.2) is 13.1 Å². The van der Waals surface area contributed by atoms with Crippen molar-refractivity contribution in [1.29, 1.82) is 0 Å². The van der Waals surface area contributed by atoms with Gasteiger partial charge in [-0.1, -0.05) is 17.7 Å². The van der Waals surface area contributed by atoms with Crippen molar-refractivity contribution in [3.8, 4) is 5.75 Å². The molecular weight excluding hydrogens is 344 g/mol. The van der Waals surface area contributed by atoms with E-state index in [9.17, 15) is 4.79 Å². The monoisotopic (exact) mass is 354 g/mol. The zero-order valence-corrected chi connectivity index (χ0v) is 13.0. The van der Waals surface area contributed by atoms with Crippen LogP contribution in [0.2, 0.25) is 5.02 Å². The number of benzene rings is 2. The first kappa shape index (κ1) is 14.7. The molecule has 104 valence electrons. The van der Waals surface area contributed by atoms with Gasteiger partial charge >= 0.3 is 6.03 Å². The van der Waals surface area contributed by atoms with E-state index in [0.717, 1.165) is 4.47 Å². The van der Waals surface area contributed by atoms with Crippen molar-refractivity contribution in [3.05, 3.63) is 52.0 Å². The van der Waals surface area contributed by atoms with Gasteiger partial charge in [-0.25, -0.2) is 4.79 Å². The Labute approximate surface area is 130 Å². The number of nitrogens with one attached hydrogen (secondary N) is 2. The number of carbonyl (C=O) groups excluding carboxylic acids is 1. The van der Waals surface area contributed by atoms with E-state index in [1.54, 1.807) is 49.6 Å². The van der Waals surface area contributed by atoms with Crippen molar-refractivity contribution < 1.29 is 9.53 Å². The first-order valence-electron chi connectivity index (χ1n) is 5.75. The summed E-state index contributed by atoms with van der Waals surface area (Å²) in [5.41, 5.74) is 1.23. The van der Waals surface area contributed by atoms with Crippen LogP contribution in [0.1, 0.15) is 0 Å². The van der Waals surface area contributed by atoms with E-state index in [1.807, 2.05) is 0 Å². The summed E-state index contributed by atoms with van der Waals surface area (Å²) in [6, 6.07) is 11.9. The lowest BCUT2D eigenvalue weighted by atomic mass is 10.3. The molecule has 0 aliphatic heterocycles. The highest BCUT2D eigenvalue weighted by Crippen LogP contribution is 2.27. The van der Waals surface area contributed by atoms with Gasteiger partial charge in [0.05, 0.1) is 12.8 Å². The Kier molecular flexibility index (Phi) is 4.87. The lowest BCUT2D eigenvalue weighted by Gasteiger charge is -2.10. The third-order valence-electron chi connectivity index (χ3n) is 2.50. The molecule has 2 amide bonds. The average Bonchev–Trinajstić information content (AvgIpc) is 2.41. The normalized spacial score (nSPS) is 9.95. The summed E-state index contributed by atoms with van der Waals surface area (Å²) < 4.78 is 5.88. The lowest BCUT2D eigenvalue weighted by Crippen LogP contribution is -2.19. The highest BCUT2D eigenvalue weighted by atomic mass is 79.9. The van der Waals surface area contributed by atoms with Crippen LogP contribution in [0.25, 0.3) is 0 Å². The Morgan fingerprint density at radius 3 is 2.70 bits per heavy atom. The van der Waals surface area contributed by atoms with Crippen molar-refractivity contribution in [1.82, 2.24) is 0 Å². The molecule has 0 aromatic heterocycles. The van der Waals surface area contributed by atoms with Gasteiger partial charge in [-0.2, -0.15) is 0 Å². The van der Waals surface area contributed by atoms with Crippen LogP contribution in [-0.2, 0) is 0 Å². The maximum absolute atomic E-state index is 11.9. The van der Waals surface area contributed by atoms with Gasteiger partial charge in [0.25, 0.3) is 0 Å². The fourth-order valence-corrected chi connectivity index (χ4v) is 2.11. The number of amides is 2. The van der Waals surface area contributed by atoms with Crippen LogP contribution >= 0.6 is 27.5 Å². The highest BCUT2D eigenvalue weighted by Gasteiger charge is 2.07. The molecule has 0 fully saturated rings. The molecule has 0 atom stereocenters. The number of anilines is 2. The summed E-state index contributed by atoms with van der Waals surface area (Å²) in [7, 11) is 1.57. The zero-order chi connectivity index (χ0) is 14.5. The second kappa shape index (κ2) is 6.63. The number of urea groups is 1. The Bertz CT molecular complexity index is 634. The minimum atomic E-state index is -0.360. The fourth-order valence-electron chi connectivity index (χ4n) is 1.58. The molecule has 0 unspecified atom stereocenters. The summed E-state index contributed by atoms with van der Waals surface area (Å²) in [5.74, 6) is 0.659. The summed E-state index contributed by atoms with van der Waals surface area (Å²) in [5, 5.41) is 5.99. The molecule has 20 heavy (non-hydrogen) atoms. The van der Waals surface area contributed by atoms with Crippen molar-refractivity contribution in [2.75, 3.05) is 17.7 Å². The predicted octanol–water partition coefficient (Wildman–Crippen LogP) is 4.76. The van der Waals surface area contributed by atoms with E-state index >= 15 is 0 Å². The van der Waals surface area contributed by atoms with Gasteiger partial charge in [0.1, 0.15) is 5.75 Å². The topological polar surface area (TPSA) is 50.4 Å². The molecule has 2 rings (SSSR count). The van der Waals surface area contributed by atoms with Gasteiger partial charge in [0, 0.05) is 21.2 Å². The standard InChI is InChI=1S/C14H12BrClN2O2/c1-20-11-5-6-12(15)13(8-11)18-14(19)17-10-4-2-3-9(16)7-10/h2-8H,1H3,(H2,17,18,19). The SMILES string of the molecule is COc1ccc(Br)c(NC(=O)Nc2cccc(Cl)c2)c1. The van der Waals surface area contributed by atoms with Crippen LogP contribution in [0.15, 0.2) is 46.9 Å². The Balaban J connectivity index is 2.08. The van der Waals surface area contributed by atoms with Crippen LogP contribution in [0.4, 0.5) is 16.2 Å². The number of hydrogen-bond acceptors (Lipinski definition) is 2. The summed E-state index contributed by atoms with van der Waals surface area (Å²) in [4.78, 5) is 11.9. The molecule has 0 aliphatic rings. The van der Waals surface area contributed by atoms with E-state index < -0.39 is 0 Å². The molecule has 4 nitrogen and oxygen atoms in total. The number of hydrogen-bond donors (Lipinski definition) is 2. The molecule has 0 radical (unpaired) electrons. The van der Waals surface area contributed by atoms with Crippen LogP contribution in [0.5, 0.6) is 5.75 Å². The van der Waals surface area contributed by atoms with Crippen molar-refractivity contribution >= 4 is 44.9 Å². The van der Waals surface area contributed by atoms with Crippen molar-refractivity contribution in [3.63, 3.8) is 0 Å². The Morgan fingerprint density at radius 2 is 2.00 bits per heavy atom. The minimum absolute atomic E-state index is 0.360. The number of halogens is 2. The van der Waals surface area contributed by atoms with Crippen molar-refractivity contribution in [2.45, 2.75) is 0 Å². The van der Waals surface area contributed by atoms with Crippen molar-refractivity contribution in [2.24, 2.45) is 0 Å². The zero-order valence-electron chi connectivity index (χ0n) is 10.6. The molecule has 0 bridgehead atoms. The molecule has 0 aliphatic carbocycles. The number of carbonyl (C=O) groups is 1. The van der Waals surface area contributed by atoms with E-state index in [-0.39, 0.29) is 6.03 Å². The maximum atomic E-state index is 11.9. The molecule has 0 heterocycles. The molecule has 0 saturated heterocycles. The summed E-state index contributed by atoms with van der Waals surface area (Å²) in [6.45, 7) is 0. The Morgan fingerprint density at radius 1 is 1.20 bits per heavy atom. The first-order valence-corrected chi connectivity index (χ1v) is 6.92. The molecule has 0 saturated carbocycles. The lowest BCUT2D eigenvalue weighted by molar-refractivity contribution is 0.262. The number of rotatable bonds is 3. The minimum Gasteiger partial charge on any atom is -0.497 e. The molecule has 2 N–H and O–H groups in total. The van der Waals surface area contributed by atoms with Gasteiger partial charge < -0.3 is 15.4 Å². The fraction of sp³-hybridized carbons (Fsp3) is 0.0714. The molecule has 2 aromatic rings. The van der Waals surface area contributed by atoms with E-state index in [0.29, 0.717) is 22.1 Å². The third kappa shape index (κ3) is 3.88. The van der Waals surface area contributed by atoms with Gasteiger partial charge in [-0.15, -0.1) is 0 Å². The van der Waals surface area contributed by atoms with Gasteiger partial charge in [0.15, 0.2) is 0 Å². The largest absolute Gasteiger partial charge is 0.497 e. The summed E-state index contributed by atoms with van der Waals surface area (Å²) in [6.07, 6.45) is 0. The van der Waals surface area contributed by atoms with Gasteiger partial charge in [0.2, 0.25) is 0 Å². The van der Waals surface area contributed by atoms with E-state index in [1.165, 1.54) is 0 Å². The smallest absolute Gasteiger partial charge is 0.323 e. The van der Waals surface area contributed by atoms with E-state index in [4.69, 9.17) is 16.3 Å². The van der Waals surface area contributed by atoms with Crippen LogP contribution in [0, 0.1) is 0 Å². The second-order valence-corrected chi connectivity index (χ2v) is 5.23. The molecule has 6 heteroatoms. The second-order valence-electron chi connectivity index (χ2n) is 3.94. The van der Waals surface area contributed by atoms with Crippen LogP contribution < -0.4 is 15.4 Å². The third-order valence-corrected chi connectivity index (χ3v) is 3.43. The number of methoxy groups -OCH3 is 1. The molecule has 2 aromatic carbocycles. The number of ether oxygens (including phenoxy) is 1. The quantitative estimate of drug-likeness (QED) is 0.834. The summed E-state index contributed by atoms with van der Waals surface area (Å²) >= 11 is 9.22. The van der Waals surface area contributed by atoms with E-state index in [2.05, 4.69) is 26.6 Å². The maximum Gasteiger partial charge on any atom is 0.323 e. The average molecular weight is 356 g/mol. The first-order chi connectivity index (χ1) is 9.58.